The number of fused-ring (bicyclic) bond motifs is 1. The Morgan fingerprint density at radius 3 is 2.40 bits per heavy atom. The Morgan fingerprint density at radius 1 is 0.900 bits per heavy atom. The lowest BCUT2D eigenvalue weighted by Gasteiger charge is -2.26. The largest absolute Gasteiger partial charge is 0.378 e. The number of nitrogens with zero attached hydrogens (tertiary/aromatic N) is 5. The molecule has 2 aromatic heterocycles. The van der Waals surface area contributed by atoms with Gasteiger partial charge >= 0.3 is 0 Å². The molecule has 1 N–H and O–H groups in total. The van der Waals surface area contributed by atoms with Gasteiger partial charge in [0.15, 0.2) is 5.82 Å². The molecule has 0 atom stereocenters. The molecule has 2 aromatic carbocycles. The lowest BCUT2D eigenvalue weighted by atomic mass is 10.0. The van der Waals surface area contributed by atoms with E-state index in [4.69, 9.17) is 9.72 Å². The number of benzene rings is 2. The van der Waals surface area contributed by atoms with E-state index in [9.17, 15) is 14.4 Å². The van der Waals surface area contributed by atoms with Gasteiger partial charge in [0.05, 0.1) is 18.9 Å². The van der Waals surface area contributed by atoms with Gasteiger partial charge in [0.25, 0.3) is 17.4 Å². The van der Waals surface area contributed by atoms with Crippen LogP contribution in [0.5, 0.6) is 0 Å². The molecule has 0 radical (unpaired) electrons. The summed E-state index contributed by atoms with van der Waals surface area (Å²) in [6, 6.07) is 16.6. The van der Waals surface area contributed by atoms with Crippen LogP contribution < -0.4 is 15.8 Å². The first-order valence-electron chi connectivity index (χ1n) is 13.3. The Kier molecular flexibility index (Phi) is 6.69. The van der Waals surface area contributed by atoms with E-state index in [2.05, 4.69) is 5.32 Å². The fourth-order valence-corrected chi connectivity index (χ4v) is 5.31. The zero-order chi connectivity index (χ0) is 27.8. The van der Waals surface area contributed by atoms with E-state index in [1.807, 2.05) is 48.1 Å². The summed E-state index contributed by atoms with van der Waals surface area (Å²) in [6.45, 7) is 2.81. The van der Waals surface area contributed by atoms with Crippen LogP contribution in [0.25, 0.3) is 11.3 Å². The Bertz CT molecular complexity index is 1650. The molecule has 1 fully saturated rings. The third-order valence-electron chi connectivity index (χ3n) is 7.48. The maximum absolute atomic E-state index is 13.3. The summed E-state index contributed by atoms with van der Waals surface area (Å²) in [5, 5.41) is 3.13. The average Bonchev–Trinajstić information content (AvgIpc) is 3.62. The van der Waals surface area contributed by atoms with Crippen molar-refractivity contribution in [2.75, 3.05) is 43.1 Å². The fourth-order valence-electron chi connectivity index (χ4n) is 5.31. The molecule has 1 saturated heterocycles. The third-order valence-corrected chi connectivity index (χ3v) is 7.48. The molecule has 2 aliphatic rings. The number of morpholine rings is 1. The molecule has 2 amide bonds. The molecule has 0 unspecified atom stereocenters. The highest BCUT2D eigenvalue weighted by molar-refractivity contribution is 6.07. The van der Waals surface area contributed by atoms with E-state index in [1.54, 1.807) is 47.3 Å². The predicted octanol–water partition coefficient (Wildman–Crippen LogP) is 3.20. The lowest BCUT2D eigenvalue weighted by molar-refractivity contribution is 0.0303. The monoisotopic (exact) mass is 538 g/mol. The molecular formula is C30H30N6O4. The minimum Gasteiger partial charge on any atom is -0.378 e. The first-order valence-corrected chi connectivity index (χ1v) is 13.3. The summed E-state index contributed by atoms with van der Waals surface area (Å²) < 4.78 is 8.66. The standard InChI is InChI=1S/C30H30N6O4/c1-33-13-4-7-26(33)29(38)36-14-12-23-22(5-3-6-25(23)36)24-19-34(2)30(39)27(32-24)31-21-10-8-20(9-11-21)28(37)35-15-17-40-18-16-35/h3-11,13,19H,12,14-18H2,1-2H3,(H,31,32). The van der Waals surface area contributed by atoms with Gasteiger partial charge in [-0.05, 0) is 54.4 Å². The number of rotatable bonds is 5. The second kappa shape index (κ2) is 10.5. The molecule has 0 spiro atoms. The molecule has 4 heterocycles. The fraction of sp³-hybridized carbons (Fsp3) is 0.267. The molecule has 10 heteroatoms. The van der Waals surface area contributed by atoms with Gasteiger partial charge in [-0.1, -0.05) is 12.1 Å². The maximum Gasteiger partial charge on any atom is 0.293 e. The van der Waals surface area contributed by atoms with Crippen molar-refractivity contribution in [3.63, 3.8) is 0 Å². The number of nitrogens with one attached hydrogen (secondary N) is 1. The number of amides is 2. The van der Waals surface area contributed by atoms with Crippen LogP contribution in [-0.2, 0) is 25.3 Å². The number of ether oxygens (including phenoxy) is 1. The van der Waals surface area contributed by atoms with Crippen molar-refractivity contribution in [2.24, 2.45) is 14.1 Å². The van der Waals surface area contributed by atoms with E-state index >= 15 is 0 Å². The second-order valence-corrected chi connectivity index (χ2v) is 10.0. The molecule has 6 rings (SSSR count). The molecule has 0 saturated carbocycles. The molecule has 204 valence electrons. The maximum atomic E-state index is 13.3. The molecule has 40 heavy (non-hydrogen) atoms. The van der Waals surface area contributed by atoms with Crippen molar-refractivity contribution in [3.8, 4) is 11.3 Å². The van der Waals surface area contributed by atoms with Crippen LogP contribution in [0, 0.1) is 0 Å². The van der Waals surface area contributed by atoms with Crippen molar-refractivity contribution in [3.05, 3.63) is 94.2 Å². The van der Waals surface area contributed by atoms with Crippen molar-refractivity contribution >= 4 is 29.0 Å². The number of anilines is 3. The first kappa shape index (κ1) is 25.6. The zero-order valence-corrected chi connectivity index (χ0v) is 22.5. The lowest BCUT2D eigenvalue weighted by Crippen LogP contribution is -2.40. The predicted molar refractivity (Wildman–Crippen MR) is 152 cm³/mol. The summed E-state index contributed by atoms with van der Waals surface area (Å²) >= 11 is 0. The smallest absolute Gasteiger partial charge is 0.293 e. The van der Waals surface area contributed by atoms with Crippen LogP contribution in [0.3, 0.4) is 0 Å². The Balaban J connectivity index is 1.27. The van der Waals surface area contributed by atoms with Gasteiger partial charge in [-0.2, -0.15) is 0 Å². The normalized spacial score (nSPS) is 14.8. The molecule has 4 aromatic rings. The zero-order valence-electron chi connectivity index (χ0n) is 22.5. The summed E-state index contributed by atoms with van der Waals surface area (Å²) in [5.41, 5.74) is 4.98. The van der Waals surface area contributed by atoms with Gasteiger partial charge in [0, 0.05) is 68.6 Å². The Labute approximate surface area is 231 Å². The third kappa shape index (κ3) is 4.66. The van der Waals surface area contributed by atoms with E-state index < -0.39 is 0 Å². The topological polar surface area (TPSA) is 102 Å². The summed E-state index contributed by atoms with van der Waals surface area (Å²) in [5.74, 6) is 0.0952. The van der Waals surface area contributed by atoms with Crippen LogP contribution in [0.2, 0.25) is 0 Å². The van der Waals surface area contributed by atoms with E-state index in [-0.39, 0.29) is 23.2 Å². The van der Waals surface area contributed by atoms with Gasteiger partial charge < -0.3 is 29.0 Å². The number of carbonyl (C=O) groups excluding carboxylic acids is 2. The highest BCUT2D eigenvalue weighted by Crippen LogP contribution is 2.36. The number of carbonyl (C=O) groups is 2. The Morgan fingerprint density at radius 2 is 1.68 bits per heavy atom. The van der Waals surface area contributed by atoms with Gasteiger partial charge in [0.2, 0.25) is 0 Å². The van der Waals surface area contributed by atoms with E-state index in [0.717, 1.165) is 16.8 Å². The van der Waals surface area contributed by atoms with Crippen molar-refractivity contribution in [2.45, 2.75) is 6.42 Å². The number of aromatic nitrogens is 3. The van der Waals surface area contributed by atoms with Gasteiger partial charge in [-0.25, -0.2) is 4.98 Å². The number of hydrogen-bond acceptors (Lipinski definition) is 6. The minimum absolute atomic E-state index is 0.0384. The molecule has 0 bridgehead atoms. The number of aryl methyl sites for hydroxylation is 2. The minimum atomic E-state index is -0.273. The molecule has 10 nitrogen and oxygen atoms in total. The van der Waals surface area contributed by atoms with Gasteiger partial charge in [-0.3, -0.25) is 14.4 Å². The van der Waals surface area contributed by atoms with Crippen molar-refractivity contribution < 1.29 is 14.3 Å². The average molecular weight is 539 g/mol. The van der Waals surface area contributed by atoms with Crippen molar-refractivity contribution in [1.29, 1.82) is 0 Å². The van der Waals surface area contributed by atoms with Gasteiger partial charge in [0.1, 0.15) is 5.69 Å². The van der Waals surface area contributed by atoms with E-state index in [1.165, 1.54) is 4.57 Å². The van der Waals surface area contributed by atoms with Crippen LogP contribution >= 0.6 is 0 Å². The summed E-state index contributed by atoms with van der Waals surface area (Å²) in [7, 11) is 3.55. The van der Waals surface area contributed by atoms with Crippen LogP contribution in [0.1, 0.15) is 26.4 Å². The van der Waals surface area contributed by atoms with E-state index in [0.29, 0.717) is 61.9 Å². The number of hydrogen-bond donors (Lipinski definition) is 1. The quantitative estimate of drug-likeness (QED) is 0.419. The van der Waals surface area contributed by atoms with Crippen LogP contribution in [0.15, 0.2) is 71.8 Å². The summed E-state index contributed by atoms with van der Waals surface area (Å²) in [4.78, 5) is 47.3. The Hall–Kier alpha value is -4.70. The first-order chi connectivity index (χ1) is 19.4. The molecular weight excluding hydrogens is 508 g/mol. The molecule has 0 aliphatic carbocycles. The molecule has 2 aliphatic heterocycles. The highest BCUT2D eigenvalue weighted by Gasteiger charge is 2.29. The summed E-state index contributed by atoms with van der Waals surface area (Å²) in [6.07, 6.45) is 4.27. The van der Waals surface area contributed by atoms with Crippen LogP contribution in [0.4, 0.5) is 17.2 Å². The van der Waals surface area contributed by atoms with Gasteiger partial charge in [-0.15, -0.1) is 0 Å². The van der Waals surface area contributed by atoms with Crippen molar-refractivity contribution in [1.82, 2.24) is 19.0 Å². The second-order valence-electron chi connectivity index (χ2n) is 10.0. The van der Waals surface area contributed by atoms with Crippen LogP contribution in [-0.4, -0.2) is 63.7 Å². The SMILES string of the molecule is Cn1cccc1C(=O)N1CCc2c(-c3cn(C)c(=O)c(Nc4ccc(C(=O)N5CCOCC5)cc4)n3)cccc21. The highest BCUT2D eigenvalue weighted by atomic mass is 16.5.